The number of hydrogen-bond donors (Lipinski definition) is 0. The van der Waals surface area contributed by atoms with Crippen molar-refractivity contribution in [2.75, 3.05) is 9.80 Å². The number of para-hydroxylation sites is 3. The monoisotopic (exact) mass is 678 g/mol. The lowest BCUT2D eigenvalue weighted by atomic mass is 9.91. The molecule has 11 rings (SSSR count). The molecule has 250 valence electrons. The van der Waals surface area contributed by atoms with Crippen LogP contribution in [0, 0.1) is 13.8 Å². The zero-order chi connectivity index (χ0) is 35.2. The molecule has 53 heavy (non-hydrogen) atoms. The van der Waals surface area contributed by atoms with Gasteiger partial charge in [-0.05, 0) is 106 Å². The average molecular weight is 679 g/mol. The van der Waals surface area contributed by atoms with Gasteiger partial charge in [0.2, 0.25) is 0 Å². The third kappa shape index (κ3) is 4.41. The predicted octanol–water partition coefficient (Wildman–Crippen LogP) is 14.6. The lowest BCUT2D eigenvalue weighted by Gasteiger charge is -2.30. The summed E-state index contributed by atoms with van der Waals surface area (Å²) < 4.78 is 6.55. The van der Waals surface area contributed by atoms with Crippen molar-refractivity contribution >= 4 is 99.2 Å². The van der Waals surface area contributed by atoms with Gasteiger partial charge in [-0.15, -0.1) is 0 Å². The molecule has 0 amide bonds. The van der Waals surface area contributed by atoms with E-state index >= 15 is 0 Å². The van der Waals surface area contributed by atoms with E-state index < -0.39 is 0 Å². The molecule has 0 saturated carbocycles. The van der Waals surface area contributed by atoms with Crippen molar-refractivity contribution in [2.45, 2.75) is 13.8 Å². The van der Waals surface area contributed by atoms with Crippen LogP contribution in [0.2, 0.25) is 0 Å². The minimum atomic E-state index is 0.903. The van der Waals surface area contributed by atoms with E-state index in [0.29, 0.717) is 0 Å². The van der Waals surface area contributed by atoms with Crippen LogP contribution in [0.3, 0.4) is 0 Å². The van der Waals surface area contributed by atoms with Crippen molar-refractivity contribution in [2.24, 2.45) is 0 Å². The lowest BCUT2D eigenvalue weighted by molar-refractivity contribution is 0.669. The van der Waals surface area contributed by atoms with E-state index in [2.05, 4.69) is 194 Å². The Bertz CT molecular complexity index is 3110. The van der Waals surface area contributed by atoms with Crippen molar-refractivity contribution in [3.05, 3.63) is 181 Å². The molecule has 0 unspecified atom stereocenters. The van der Waals surface area contributed by atoms with Crippen LogP contribution in [0.15, 0.2) is 174 Å². The fourth-order valence-electron chi connectivity index (χ4n) is 8.75. The van der Waals surface area contributed by atoms with Crippen molar-refractivity contribution in [1.29, 1.82) is 0 Å². The van der Waals surface area contributed by atoms with Gasteiger partial charge in [0.05, 0.1) is 17.1 Å². The van der Waals surface area contributed by atoms with Gasteiger partial charge in [-0.2, -0.15) is 0 Å². The van der Waals surface area contributed by atoms with E-state index in [1.807, 2.05) is 0 Å². The largest absolute Gasteiger partial charge is 0.456 e. The fraction of sp³-hybridized carbons (Fsp3) is 0.0400. The van der Waals surface area contributed by atoms with Crippen LogP contribution in [0.1, 0.15) is 11.1 Å². The van der Waals surface area contributed by atoms with Gasteiger partial charge in [0, 0.05) is 44.7 Å². The number of benzene rings is 10. The maximum atomic E-state index is 6.55. The zero-order valence-corrected chi connectivity index (χ0v) is 29.5. The third-order valence-corrected chi connectivity index (χ3v) is 11.2. The summed E-state index contributed by atoms with van der Waals surface area (Å²) in [5.74, 6) is 0. The highest BCUT2D eigenvalue weighted by Crippen LogP contribution is 2.49. The summed E-state index contributed by atoms with van der Waals surface area (Å²) in [7, 11) is 0. The van der Waals surface area contributed by atoms with Gasteiger partial charge in [-0.3, -0.25) is 0 Å². The molecule has 0 fully saturated rings. The second kappa shape index (κ2) is 11.3. The van der Waals surface area contributed by atoms with Gasteiger partial charge in [0.1, 0.15) is 11.2 Å². The van der Waals surface area contributed by atoms with Crippen LogP contribution < -0.4 is 9.80 Å². The van der Waals surface area contributed by atoms with E-state index in [1.165, 1.54) is 82.1 Å². The van der Waals surface area contributed by atoms with Crippen LogP contribution >= 0.6 is 0 Å². The summed E-state index contributed by atoms with van der Waals surface area (Å²) >= 11 is 0. The van der Waals surface area contributed by atoms with Gasteiger partial charge < -0.3 is 14.2 Å². The Kier molecular flexibility index (Phi) is 6.38. The number of nitrogens with zero attached hydrogens (tertiary/aromatic N) is 2. The van der Waals surface area contributed by atoms with E-state index in [1.54, 1.807) is 0 Å². The summed E-state index contributed by atoms with van der Waals surface area (Å²) in [6, 6.07) is 61.8. The molecule has 3 heteroatoms. The predicted molar refractivity (Wildman–Crippen MR) is 225 cm³/mol. The molecule has 0 aliphatic rings. The smallest absolute Gasteiger partial charge is 0.138 e. The van der Waals surface area contributed by atoms with Gasteiger partial charge in [0.25, 0.3) is 0 Å². The Hall–Kier alpha value is -6.84. The Morgan fingerprint density at radius 2 is 0.868 bits per heavy atom. The number of hydrogen-bond acceptors (Lipinski definition) is 3. The van der Waals surface area contributed by atoms with Crippen molar-refractivity contribution < 1.29 is 4.42 Å². The molecule has 0 saturated heterocycles. The summed E-state index contributed by atoms with van der Waals surface area (Å²) in [6.45, 7) is 4.40. The van der Waals surface area contributed by atoms with Crippen LogP contribution in [-0.4, -0.2) is 0 Å². The molecule has 0 N–H and O–H groups in total. The molecule has 3 nitrogen and oxygen atoms in total. The van der Waals surface area contributed by atoms with Gasteiger partial charge in [-0.25, -0.2) is 0 Å². The first-order valence-corrected chi connectivity index (χ1v) is 18.3. The Labute approximate surface area is 307 Å². The molecule has 11 aromatic rings. The van der Waals surface area contributed by atoms with Crippen molar-refractivity contribution in [3.8, 4) is 0 Å². The first-order valence-electron chi connectivity index (χ1n) is 18.3. The van der Waals surface area contributed by atoms with Crippen molar-refractivity contribution in [3.63, 3.8) is 0 Å². The number of aryl methyl sites for hydroxylation is 2. The summed E-state index contributed by atoms with van der Waals surface area (Å²) in [5, 5.41) is 12.2. The second-order valence-electron chi connectivity index (χ2n) is 14.2. The molecule has 1 heterocycles. The minimum absolute atomic E-state index is 0.903. The topological polar surface area (TPSA) is 19.6 Å². The molecule has 0 spiro atoms. The number of anilines is 6. The van der Waals surface area contributed by atoms with E-state index in [4.69, 9.17) is 4.42 Å². The van der Waals surface area contributed by atoms with E-state index in [0.717, 1.165) is 28.2 Å². The molecule has 10 aromatic carbocycles. The average Bonchev–Trinajstić information content (AvgIpc) is 3.58. The fourth-order valence-corrected chi connectivity index (χ4v) is 8.75. The molecular weight excluding hydrogens is 645 g/mol. The second-order valence-corrected chi connectivity index (χ2v) is 14.2. The minimum Gasteiger partial charge on any atom is -0.456 e. The molecular formula is C50H34N2O. The Morgan fingerprint density at radius 1 is 0.340 bits per heavy atom. The summed E-state index contributed by atoms with van der Waals surface area (Å²) in [5.41, 5.74) is 11.1. The van der Waals surface area contributed by atoms with E-state index in [-0.39, 0.29) is 0 Å². The van der Waals surface area contributed by atoms with Crippen LogP contribution in [0.25, 0.3) is 65.0 Å². The van der Waals surface area contributed by atoms with Gasteiger partial charge in [0.15, 0.2) is 0 Å². The van der Waals surface area contributed by atoms with Gasteiger partial charge >= 0.3 is 0 Å². The van der Waals surface area contributed by atoms with Gasteiger partial charge in [-0.1, -0.05) is 115 Å². The molecule has 1 aromatic heterocycles. The maximum Gasteiger partial charge on any atom is 0.138 e. The third-order valence-electron chi connectivity index (χ3n) is 11.2. The molecule has 0 bridgehead atoms. The molecule has 0 aliphatic carbocycles. The Morgan fingerprint density at radius 3 is 1.53 bits per heavy atom. The number of furan rings is 1. The van der Waals surface area contributed by atoms with Crippen LogP contribution in [0.4, 0.5) is 34.1 Å². The SMILES string of the molecule is Cc1ccccc1N(c1ccccc1C)c1ccc2ccc3c(N(c4ccccc4)c4cc5ccc6cccc7oc(c4)c5c67)ccc4ccc1c2c43. The highest BCUT2D eigenvalue weighted by molar-refractivity contribution is 6.28. The Balaban J connectivity index is 1.18. The molecule has 0 aliphatic heterocycles. The highest BCUT2D eigenvalue weighted by atomic mass is 16.3. The first-order chi connectivity index (χ1) is 26.1. The maximum absolute atomic E-state index is 6.55. The summed E-state index contributed by atoms with van der Waals surface area (Å²) in [6.07, 6.45) is 0. The standard InChI is InChI=1S/C50H34N2O/c1-31-11-6-8-16-41(31)52(42-17-9-7-12-32(42)2)44-28-24-35-21-25-39-43(27-23-34-22-26-40(44)48(35)47(34)39)51(37-14-4-3-5-15-37)38-29-36-20-19-33-13-10-18-45-49(33)50(36)46(30-38)53-45/h3-30H,1-2H3. The number of rotatable bonds is 6. The highest BCUT2D eigenvalue weighted by Gasteiger charge is 2.24. The first kappa shape index (κ1) is 29.8. The normalized spacial score (nSPS) is 12.0. The zero-order valence-electron chi connectivity index (χ0n) is 29.5. The quantitative estimate of drug-likeness (QED) is 0.163. The summed E-state index contributed by atoms with van der Waals surface area (Å²) in [4.78, 5) is 4.84. The molecule has 0 atom stereocenters. The lowest BCUT2D eigenvalue weighted by Crippen LogP contribution is -2.13. The van der Waals surface area contributed by atoms with Crippen molar-refractivity contribution in [1.82, 2.24) is 0 Å². The molecule has 0 radical (unpaired) electrons. The van der Waals surface area contributed by atoms with Crippen LogP contribution in [0.5, 0.6) is 0 Å². The van der Waals surface area contributed by atoms with Crippen LogP contribution in [-0.2, 0) is 0 Å². The van der Waals surface area contributed by atoms with E-state index in [9.17, 15) is 0 Å².